The molecule has 0 N–H and O–H groups in total. The molecule has 0 bridgehead atoms. The summed E-state index contributed by atoms with van der Waals surface area (Å²) in [6, 6.07) is -0.728. The average Bonchev–Trinajstić information content (AvgIpc) is 3.22. The molecule has 0 saturated carbocycles. The molecule has 0 aromatic carbocycles. The molecule has 2 atom stereocenters. The minimum absolute atomic E-state index is 0.0363. The number of esters is 2. The van der Waals surface area contributed by atoms with Gasteiger partial charge in [0.05, 0.1) is 40.3 Å². The maximum atomic E-state index is 12.7. The third-order valence-electron chi connectivity index (χ3n) is 11.5. The fourth-order valence-electron chi connectivity index (χ4n) is 7.62. The van der Waals surface area contributed by atoms with Crippen LogP contribution in [0.15, 0.2) is 36.5 Å². The summed E-state index contributed by atoms with van der Waals surface area (Å²) in [5, 5.41) is 11.7. The molecule has 0 aliphatic carbocycles. The number of quaternary nitrogens is 1. The van der Waals surface area contributed by atoms with Gasteiger partial charge in [0.15, 0.2) is 6.10 Å². The number of rotatable bonds is 46. The third kappa shape index (κ3) is 42.6. The summed E-state index contributed by atoms with van der Waals surface area (Å²) in [4.78, 5) is 37.0. The van der Waals surface area contributed by atoms with Gasteiger partial charge in [0.25, 0.3) is 0 Å². The lowest BCUT2D eigenvalue weighted by atomic mass is 10.0. The number of nitrogens with zero attached hydrogens (tertiary/aromatic N) is 1. The van der Waals surface area contributed by atoms with Crippen LogP contribution >= 0.6 is 0 Å². The lowest BCUT2D eigenvalue weighted by Crippen LogP contribution is -2.55. The summed E-state index contributed by atoms with van der Waals surface area (Å²) in [6.45, 7) is 4.56. The quantitative estimate of drug-likeness (QED) is 0.0260. The Kier molecular flexibility index (Phi) is 42.4. The molecule has 0 aliphatic heterocycles. The molecule has 0 rings (SSSR count). The molecule has 0 spiro atoms. The van der Waals surface area contributed by atoms with Crippen LogP contribution in [0, 0.1) is 0 Å². The van der Waals surface area contributed by atoms with Crippen LogP contribution in [0.4, 0.5) is 0 Å². The van der Waals surface area contributed by atoms with Gasteiger partial charge in [-0.1, -0.05) is 204 Å². The monoisotopic (exact) mass is 860 g/mol. The van der Waals surface area contributed by atoms with Gasteiger partial charge >= 0.3 is 11.9 Å². The first-order valence-electron chi connectivity index (χ1n) is 25.5. The number of allylic oxidation sites excluding steroid dienone is 6. The zero-order valence-corrected chi connectivity index (χ0v) is 40.6. The largest absolute Gasteiger partial charge is 0.544 e. The Morgan fingerprint density at radius 1 is 0.508 bits per heavy atom. The molecular formula is C53H97NO7. The molecule has 0 aromatic rings. The van der Waals surface area contributed by atoms with E-state index in [1.165, 1.54) is 122 Å². The van der Waals surface area contributed by atoms with Crippen molar-refractivity contribution < 1.29 is 38.2 Å². The highest BCUT2D eigenvalue weighted by Gasteiger charge is 2.25. The second-order valence-electron chi connectivity index (χ2n) is 18.4. The van der Waals surface area contributed by atoms with Crippen LogP contribution in [0.5, 0.6) is 0 Å². The zero-order chi connectivity index (χ0) is 44.9. The van der Waals surface area contributed by atoms with E-state index in [0.29, 0.717) is 12.8 Å². The fourth-order valence-corrected chi connectivity index (χ4v) is 7.62. The van der Waals surface area contributed by atoms with Gasteiger partial charge in [-0.25, -0.2) is 0 Å². The predicted octanol–water partition coefficient (Wildman–Crippen LogP) is 13.3. The number of carbonyl (C=O) groups is 3. The second-order valence-corrected chi connectivity index (χ2v) is 18.4. The molecule has 0 saturated heterocycles. The van der Waals surface area contributed by atoms with Gasteiger partial charge < -0.3 is 28.6 Å². The van der Waals surface area contributed by atoms with E-state index < -0.39 is 18.1 Å². The van der Waals surface area contributed by atoms with Gasteiger partial charge in [-0.2, -0.15) is 0 Å². The van der Waals surface area contributed by atoms with Gasteiger partial charge in [0.1, 0.15) is 12.6 Å². The van der Waals surface area contributed by atoms with E-state index in [1.54, 1.807) is 21.1 Å². The van der Waals surface area contributed by atoms with Crippen LogP contribution in [-0.4, -0.2) is 75.5 Å². The fraction of sp³-hybridized carbons (Fsp3) is 0.830. The van der Waals surface area contributed by atoms with Crippen molar-refractivity contribution in [3.63, 3.8) is 0 Å². The summed E-state index contributed by atoms with van der Waals surface area (Å²) >= 11 is 0. The molecule has 0 radical (unpaired) electrons. The summed E-state index contributed by atoms with van der Waals surface area (Å²) in [6.07, 6.45) is 51.8. The van der Waals surface area contributed by atoms with Crippen LogP contribution < -0.4 is 5.11 Å². The number of unbranched alkanes of at least 4 members (excludes halogenated alkanes) is 26. The Hall–Kier alpha value is -2.45. The Balaban J connectivity index is 4.19. The molecule has 2 unspecified atom stereocenters. The second kappa shape index (κ2) is 44.2. The minimum atomic E-state index is -1.13. The van der Waals surface area contributed by atoms with Crippen molar-refractivity contribution in [2.75, 3.05) is 41.0 Å². The molecule has 0 aromatic heterocycles. The third-order valence-corrected chi connectivity index (χ3v) is 11.5. The number of carboxylic acid groups (broad SMARTS) is 1. The maximum absolute atomic E-state index is 12.7. The number of carbonyl (C=O) groups excluding carboxylic acids is 3. The van der Waals surface area contributed by atoms with E-state index in [1.807, 2.05) is 0 Å². The molecular weight excluding hydrogens is 763 g/mol. The Bertz CT molecular complexity index is 1090. The molecule has 0 amide bonds. The summed E-state index contributed by atoms with van der Waals surface area (Å²) in [5.74, 6) is -1.74. The predicted molar refractivity (Wildman–Crippen MR) is 254 cm³/mol. The number of hydrogen-bond acceptors (Lipinski definition) is 7. The first kappa shape index (κ1) is 58.6. The molecule has 8 heteroatoms. The highest BCUT2D eigenvalue weighted by Crippen LogP contribution is 2.16. The Morgan fingerprint density at radius 3 is 1.36 bits per heavy atom. The Morgan fingerprint density at radius 2 is 0.918 bits per heavy atom. The summed E-state index contributed by atoms with van der Waals surface area (Å²) in [7, 11) is 5.41. The van der Waals surface area contributed by atoms with Crippen LogP contribution in [0.1, 0.15) is 232 Å². The zero-order valence-electron chi connectivity index (χ0n) is 40.6. The molecule has 0 heterocycles. The van der Waals surface area contributed by atoms with Gasteiger partial charge in [-0.15, -0.1) is 0 Å². The first-order chi connectivity index (χ1) is 29.6. The standard InChI is InChI=1S/C53H97NO7/c1-6-8-10-12-14-16-18-20-22-23-24-25-26-27-28-30-31-33-35-37-39-41-43-51(55)60-48-49(47-59-46-45-50(53(57)58)54(3,4)5)61-52(56)44-42-40-38-36-34-32-29-21-19-17-15-13-11-9-7-2/h9,11,15,17,21,29,49-50H,6-8,10,12-14,16,18-20,22-28,30-48H2,1-5H3/b11-9-,17-15-,29-21-. The van der Waals surface area contributed by atoms with Crippen LogP contribution in [0.25, 0.3) is 0 Å². The van der Waals surface area contributed by atoms with Gasteiger partial charge in [0, 0.05) is 19.3 Å². The number of ether oxygens (including phenoxy) is 3. The van der Waals surface area contributed by atoms with Crippen molar-refractivity contribution in [3.8, 4) is 0 Å². The molecule has 0 fully saturated rings. The normalized spacial score (nSPS) is 13.1. The molecule has 356 valence electrons. The smallest absolute Gasteiger partial charge is 0.306 e. The molecule has 0 aliphatic rings. The van der Waals surface area contributed by atoms with Crippen LogP contribution in [-0.2, 0) is 28.6 Å². The highest BCUT2D eigenvalue weighted by atomic mass is 16.6. The lowest BCUT2D eigenvalue weighted by Gasteiger charge is -2.34. The summed E-state index contributed by atoms with van der Waals surface area (Å²) < 4.78 is 17.2. The topological polar surface area (TPSA) is 102 Å². The van der Waals surface area contributed by atoms with Gasteiger partial charge in [0.2, 0.25) is 0 Å². The van der Waals surface area contributed by atoms with E-state index in [-0.39, 0.29) is 42.7 Å². The average molecular weight is 860 g/mol. The van der Waals surface area contributed by atoms with Crippen molar-refractivity contribution in [3.05, 3.63) is 36.5 Å². The van der Waals surface area contributed by atoms with E-state index in [2.05, 4.69) is 50.3 Å². The number of likely N-dealkylation sites (N-methyl/N-ethyl adjacent to an activating group) is 1. The van der Waals surface area contributed by atoms with Crippen molar-refractivity contribution in [2.45, 2.75) is 244 Å². The lowest BCUT2D eigenvalue weighted by molar-refractivity contribution is -0.889. The number of carboxylic acids is 1. The van der Waals surface area contributed by atoms with Gasteiger partial charge in [-0.05, 0) is 44.9 Å². The van der Waals surface area contributed by atoms with Crippen LogP contribution in [0.3, 0.4) is 0 Å². The van der Waals surface area contributed by atoms with Crippen molar-refractivity contribution in [2.24, 2.45) is 0 Å². The van der Waals surface area contributed by atoms with Crippen molar-refractivity contribution in [1.82, 2.24) is 0 Å². The first-order valence-corrected chi connectivity index (χ1v) is 25.5. The number of hydrogen-bond donors (Lipinski definition) is 0. The molecule has 61 heavy (non-hydrogen) atoms. The van der Waals surface area contributed by atoms with Crippen molar-refractivity contribution >= 4 is 17.9 Å². The summed E-state index contributed by atoms with van der Waals surface area (Å²) in [5.41, 5.74) is 0. The van der Waals surface area contributed by atoms with Gasteiger partial charge in [-0.3, -0.25) is 9.59 Å². The van der Waals surface area contributed by atoms with E-state index in [9.17, 15) is 19.5 Å². The highest BCUT2D eigenvalue weighted by molar-refractivity contribution is 5.70. The van der Waals surface area contributed by atoms with E-state index in [0.717, 1.165) is 77.0 Å². The number of aliphatic carboxylic acids is 1. The Labute approximate surface area is 376 Å². The molecule has 8 nitrogen and oxygen atoms in total. The van der Waals surface area contributed by atoms with E-state index in [4.69, 9.17) is 14.2 Å². The minimum Gasteiger partial charge on any atom is -0.544 e. The van der Waals surface area contributed by atoms with E-state index >= 15 is 0 Å². The maximum Gasteiger partial charge on any atom is 0.306 e. The van der Waals surface area contributed by atoms with Crippen LogP contribution in [0.2, 0.25) is 0 Å². The van der Waals surface area contributed by atoms with Crippen molar-refractivity contribution in [1.29, 1.82) is 0 Å². The SMILES string of the molecule is CC/C=C\C/C=C\C/C=C\CCCCCCCC(=O)OC(COCCC(C(=O)[O-])[N+](C)(C)C)COC(=O)CCCCCCCCCCCCCCCCCCCCCCCC.